The molecule has 0 fully saturated rings. The van der Waals surface area contributed by atoms with E-state index in [9.17, 15) is 0 Å². The predicted molar refractivity (Wildman–Crippen MR) is 75.5 cm³/mol. The minimum Gasteiger partial charge on any atom is -0.172 e. The average Bonchev–Trinajstić information content (AvgIpc) is 2.90. The largest absolute Gasteiger partial charge is 0.172 e. The van der Waals surface area contributed by atoms with Crippen molar-refractivity contribution < 1.29 is 0 Å². The summed E-state index contributed by atoms with van der Waals surface area (Å²) in [5.74, 6) is 0. The van der Waals surface area contributed by atoms with Crippen LogP contribution in [0.2, 0.25) is 0 Å². The molecule has 0 unspecified atom stereocenters. The van der Waals surface area contributed by atoms with E-state index in [0.717, 1.165) is 22.5 Å². The van der Waals surface area contributed by atoms with Crippen LogP contribution < -0.4 is 0 Å². The van der Waals surface area contributed by atoms with Crippen molar-refractivity contribution in [3.8, 4) is 22.5 Å². The van der Waals surface area contributed by atoms with E-state index in [-0.39, 0.29) is 0 Å². The molecular weight excluding hydrogens is 240 g/mol. The van der Waals surface area contributed by atoms with Crippen molar-refractivity contribution in [2.24, 2.45) is 0 Å². The van der Waals surface area contributed by atoms with Crippen LogP contribution in [0.5, 0.6) is 0 Å². The summed E-state index contributed by atoms with van der Waals surface area (Å²) in [6.07, 6.45) is 0. The first-order chi connectivity index (χ1) is 8.84. The maximum atomic E-state index is 4.42. The van der Waals surface area contributed by atoms with E-state index in [4.69, 9.17) is 0 Å². The zero-order chi connectivity index (χ0) is 12.4. The van der Waals surface area contributed by atoms with E-state index < -0.39 is 0 Å². The number of hydrogen-bond acceptors (Lipinski definition) is 3. The van der Waals surface area contributed by atoms with Gasteiger partial charge in [-0.05, 0) is 6.92 Å². The van der Waals surface area contributed by atoms with E-state index in [1.807, 2.05) is 18.2 Å². The Bertz CT molecular complexity index is 642. The van der Waals surface area contributed by atoms with E-state index in [2.05, 4.69) is 52.1 Å². The molecule has 3 aromatic rings. The molecule has 0 aliphatic rings. The van der Waals surface area contributed by atoms with Gasteiger partial charge in [-0.25, -0.2) is 0 Å². The molecule has 88 valence electrons. The fraction of sp³-hybridized carbons (Fsp3) is 0.0667. The molecule has 1 heterocycles. The van der Waals surface area contributed by atoms with Crippen LogP contribution in [0.25, 0.3) is 22.5 Å². The van der Waals surface area contributed by atoms with Crippen molar-refractivity contribution in [3.05, 3.63) is 60.2 Å². The lowest BCUT2D eigenvalue weighted by Gasteiger charge is -2.02. The summed E-state index contributed by atoms with van der Waals surface area (Å²) in [7, 11) is 0. The molecule has 0 spiro atoms. The van der Waals surface area contributed by atoms with E-state index in [0.29, 0.717) is 0 Å². The molecule has 0 aliphatic heterocycles. The van der Waals surface area contributed by atoms with E-state index >= 15 is 0 Å². The van der Waals surface area contributed by atoms with Crippen molar-refractivity contribution in [3.63, 3.8) is 0 Å². The normalized spacial score (nSPS) is 10.5. The topological polar surface area (TPSA) is 25.8 Å². The summed E-state index contributed by atoms with van der Waals surface area (Å²) in [5.41, 5.74) is 5.41. The van der Waals surface area contributed by atoms with Crippen LogP contribution in [-0.4, -0.2) is 8.75 Å². The molecule has 3 heteroatoms. The molecule has 3 rings (SSSR count). The summed E-state index contributed by atoms with van der Waals surface area (Å²) in [4.78, 5) is 0. The lowest BCUT2D eigenvalue weighted by atomic mass is 10.0. The van der Waals surface area contributed by atoms with Crippen molar-refractivity contribution >= 4 is 11.7 Å². The molecule has 1 aromatic heterocycles. The van der Waals surface area contributed by atoms with Crippen LogP contribution in [0.15, 0.2) is 54.6 Å². The molecule has 0 N–H and O–H groups in total. The number of nitrogens with zero attached hydrogens (tertiary/aromatic N) is 2. The fourth-order valence-electron chi connectivity index (χ4n) is 1.87. The van der Waals surface area contributed by atoms with Crippen LogP contribution in [0.4, 0.5) is 0 Å². The third-order valence-corrected chi connectivity index (χ3v) is 3.39. The predicted octanol–water partition coefficient (Wildman–Crippen LogP) is 4.18. The third kappa shape index (κ3) is 2.05. The summed E-state index contributed by atoms with van der Waals surface area (Å²) in [5, 5.41) is 0. The monoisotopic (exact) mass is 252 g/mol. The van der Waals surface area contributed by atoms with Crippen LogP contribution in [0, 0.1) is 6.92 Å². The van der Waals surface area contributed by atoms with Gasteiger partial charge in [0, 0.05) is 11.1 Å². The first-order valence-corrected chi connectivity index (χ1v) is 6.52. The Morgan fingerprint density at radius 1 is 0.722 bits per heavy atom. The Balaban J connectivity index is 2.10. The van der Waals surface area contributed by atoms with Crippen LogP contribution in [0.1, 0.15) is 5.56 Å². The molecule has 0 atom stereocenters. The molecule has 0 bridgehead atoms. The third-order valence-electron chi connectivity index (χ3n) is 2.86. The van der Waals surface area contributed by atoms with Gasteiger partial charge in [-0.3, -0.25) is 0 Å². The highest BCUT2D eigenvalue weighted by molar-refractivity contribution is 6.99. The van der Waals surface area contributed by atoms with Gasteiger partial charge in [0.15, 0.2) is 0 Å². The average molecular weight is 252 g/mol. The summed E-state index contributed by atoms with van der Waals surface area (Å²) < 4.78 is 8.84. The minimum absolute atomic E-state index is 0.962. The van der Waals surface area contributed by atoms with Crippen molar-refractivity contribution in [2.45, 2.75) is 6.92 Å². The second-order valence-electron chi connectivity index (χ2n) is 4.19. The molecule has 18 heavy (non-hydrogen) atoms. The van der Waals surface area contributed by atoms with Gasteiger partial charge in [0.2, 0.25) is 0 Å². The summed E-state index contributed by atoms with van der Waals surface area (Å²) in [6.45, 7) is 2.08. The van der Waals surface area contributed by atoms with Gasteiger partial charge in [-0.15, -0.1) is 0 Å². The second-order valence-corrected chi connectivity index (χ2v) is 4.72. The highest BCUT2D eigenvalue weighted by atomic mass is 32.1. The molecule has 0 saturated carbocycles. The quantitative estimate of drug-likeness (QED) is 0.683. The zero-order valence-electron chi connectivity index (χ0n) is 10.00. The van der Waals surface area contributed by atoms with E-state index in [1.165, 1.54) is 17.3 Å². The number of rotatable bonds is 2. The molecule has 2 nitrogen and oxygen atoms in total. The van der Waals surface area contributed by atoms with Crippen molar-refractivity contribution in [2.75, 3.05) is 0 Å². The highest BCUT2D eigenvalue weighted by Crippen LogP contribution is 2.29. The lowest BCUT2D eigenvalue weighted by molar-refractivity contribution is 1.43. The van der Waals surface area contributed by atoms with Crippen molar-refractivity contribution in [1.82, 2.24) is 8.75 Å². The SMILES string of the molecule is Cc1ccc(-c2nsnc2-c2ccccc2)cc1. The molecule has 0 radical (unpaired) electrons. The fourth-order valence-corrected chi connectivity index (χ4v) is 2.46. The molecular formula is C15H12N2S. The molecule has 0 amide bonds. The van der Waals surface area contributed by atoms with Gasteiger partial charge < -0.3 is 0 Å². The van der Waals surface area contributed by atoms with Crippen LogP contribution >= 0.6 is 11.7 Å². The summed E-state index contributed by atoms with van der Waals surface area (Å²) in [6, 6.07) is 18.6. The second kappa shape index (κ2) is 4.70. The van der Waals surface area contributed by atoms with Crippen LogP contribution in [-0.2, 0) is 0 Å². The minimum atomic E-state index is 0.962. The maximum absolute atomic E-state index is 4.42. The van der Waals surface area contributed by atoms with Crippen molar-refractivity contribution in [1.29, 1.82) is 0 Å². The highest BCUT2D eigenvalue weighted by Gasteiger charge is 2.11. The Morgan fingerprint density at radius 3 is 1.89 bits per heavy atom. The first-order valence-electron chi connectivity index (χ1n) is 5.79. The van der Waals surface area contributed by atoms with Gasteiger partial charge in [-0.2, -0.15) is 8.75 Å². The number of hydrogen-bond donors (Lipinski definition) is 0. The Morgan fingerprint density at radius 2 is 1.28 bits per heavy atom. The van der Waals surface area contributed by atoms with Crippen LogP contribution in [0.3, 0.4) is 0 Å². The Hall–Kier alpha value is -2.00. The number of aromatic nitrogens is 2. The molecule has 2 aromatic carbocycles. The van der Waals surface area contributed by atoms with Gasteiger partial charge in [0.05, 0.1) is 11.7 Å². The standard InChI is InChI=1S/C15H12N2S/c1-11-7-9-13(10-8-11)15-14(16-18-17-15)12-5-3-2-4-6-12/h2-10H,1H3. The Labute approximate surface area is 110 Å². The smallest absolute Gasteiger partial charge is 0.112 e. The van der Waals surface area contributed by atoms with E-state index in [1.54, 1.807) is 0 Å². The number of aryl methyl sites for hydroxylation is 1. The van der Waals surface area contributed by atoms with Gasteiger partial charge in [0.1, 0.15) is 11.4 Å². The summed E-state index contributed by atoms with van der Waals surface area (Å²) >= 11 is 1.26. The number of benzene rings is 2. The maximum Gasteiger partial charge on any atom is 0.112 e. The molecule has 0 aliphatic carbocycles. The van der Waals surface area contributed by atoms with Gasteiger partial charge in [0.25, 0.3) is 0 Å². The van der Waals surface area contributed by atoms with Gasteiger partial charge >= 0.3 is 0 Å². The molecule has 0 saturated heterocycles. The zero-order valence-corrected chi connectivity index (χ0v) is 10.8. The lowest BCUT2D eigenvalue weighted by Crippen LogP contribution is -1.84. The first kappa shape index (κ1) is 11.1. The Kier molecular flexibility index (Phi) is 2.90. The van der Waals surface area contributed by atoms with Gasteiger partial charge in [-0.1, -0.05) is 60.2 Å².